The average molecular weight is 229 g/mol. The van der Waals surface area contributed by atoms with Crippen LogP contribution in [0.5, 0.6) is 0 Å². The van der Waals surface area contributed by atoms with Crippen LogP contribution < -0.4 is 10.6 Å². The summed E-state index contributed by atoms with van der Waals surface area (Å²) in [5.41, 5.74) is 1.43. The van der Waals surface area contributed by atoms with Crippen molar-refractivity contribution < 1.29 is 4.39 Å². The molecule has 0 saturated carbocycles. The Hall–Kier alpha value is -0.640. The number of halogens is 2. The van der Waals surface area contributed by atoms with Gasteiger partial charge in [-0.2, -0.15) is 0 Å². The highest BCUT2D eigenvalue weighted by molar-refractivity contribution is 6.31. The van der Waals surface area contributed by atoms with Crippen molar-refractivity contribution in [2.24, 2.45) is 0 Å². The van der Waals surface area contributed by atoms with E-state index in [9.17, 15) is 4.39 Å². The lowest BCUT2D eigenvalue weighted by molar-refractivity contribution is 0.428. The van der Waals surface area contributed by atoms with Gasteiger partial charge in [0.15, 0.2) is 0 Å². The SMILES string of the molecule is Cc1cc(Cl)c(C2CNCCN2)cc1F. The molecule has 1 aromatic carbocycles. The zero-order chi connectivity index (χ0) is 10.8. The van der Waals surface area contributed by atoms with Crippen LogP contribution in [-0.2, 0) is 0 Å². The topological polar surface area (TPSA) is 24.1 Å². The van der Waals surface area contributed by atoms with Gasteiger partial charge in [0.1, 0.15) is 5.82 Å². The molecule has 2 N–H and O–H groups in total. The molecule has 0 amide bonds. The molecule has 1 fully saturated rings. The number of aryl methyl sites for hydroxylation is 1. The van der Waals surface area contributed by atoms with Crippen LogP contribution in [0.25, 0.3) is 0 Å². The molecule has 0 bridgehead atoms. The first-order valence-corrected chi connectivity index (χ1v) is 5.46. The normalized spacial score (nSPS) is 21.7. The Morgan fingerprint density at radius 3 is 2.87 bits per heavy atom. The Balaban J connectivity index is 2.30. The summed E-state index contributed by atoms with van der Waals surface area (Å²) >= 11 is 6.10. The maximum Gasteiger partial charge on any atom is 0.126 e. The average Bonchev–Trinajstić information content (AvgIpc) is 2.25. The molecule has 0 spiro atoms. The fraction of sp³-hybridized carbons (Fsp3) is 0.455. The molecule has 2 rings (SSSR count). The first kappa shape index (κ1) is 10.9. The quantitative estimate of drug-likeness (QED) is 0.769. The predicted octanol–water partition coefficient (Wildman–Crippen LogP) is 2.02. The van der Waals surface area contributed by atoms with E-state index in [1.165, 1.54) is 6.07 Å². The Bertz CT molecular complexity index is 362. The van der Waals surface area contributed by atoms with Crippen molar-refractivity contribution in [1.29, 1.82) is 0 Å². The molecule has 1 aromatic rings. The summed E-state index contributed by atoms with van der Waals surface area (Å²) in [5, 5.41) is 7.19. The van der Waals surface area contributed by atoms with Crippen molar-refractivity contribution in [3.8, 4) is 0 Å². The second-order valence-electron chi connectivity index (χ2n) is 3.83. The molecule has 0 radical (unpaired) electrons. The van der Waals surface area contributed by atoms with Gasteiger partial charge in [-0.3, -0.25) is 0 Å². The second kappa shape index (κ2) is 4.47. The molecule has 2 nitrogen and oxygen atoms in total. The van der Waals surface area contributed by atoms with Crippen LogP contribution >= 0.6 is 11.6 Å². The third-order valence-electron chi connectivity index (χ3n) is 2.69. The monoisotopic (exact) mass is 228 g/mol. The number of rotatable bonds is 1. The van der Waals surface area contributed by atoms with Crippen LogP contribution in [0.15, 0.2) is 12.1 Å². The van der Waals surface area contributed by atoms with Crippen molar-refractivity contribution in [2.75, 3.05) is 19.6 Å². The van der Waals surface area contributed by atoms with Gasteiger partial charge in [-0.25, -0.2) is 4.39 Å². The molecule has 1 aliphatic rings. The number of piperazine rings is 1. The third kappa shape index (κ3) is 2.30. The van der Waals surface area contributed by atoms with Gasteiger partial charge in [0.25, 0.3) is 0 Å². The van der Waals surface area contributed by atoms with Crippen LogP contribution in [0, 0.1) is 12.7 Å². The van der Waals surface area contributed by atoms with Crippen molar-refractivity contribution in [2.45, 2.75) is 13.0 Å². The number of hydrogen-bond donors (Lipinski definition) is 2. The predicted molar refractivity (Wildman–Crippen MR) is 59.8 cm³/mol. The molecular weight excluding hydrogens is 215 g/mol. The Labute approximate surface area is 93.8 Å². The highest BCUT2D eigenvalue weighted by Crippen LogP contribution is 2.26. The summed E-state index contributed by atoms with van der Waals surface area (Å²) in [6, 6.07) is 3.33. The highest BCUT2D eigenvalue weighted by atomic mass is 35.5. The first-order chi connectivity index (χ1) is 7.18. The summed E-state index contributed by atoms with van der Waals surface area (Å²) in [6.07, 6.45) is 0. The lowest BCUT2D eigenvalue weighted by Gasteiger charge is -2.25. The van der Waals surface area contributed by atoms with Crippen LogP contribution in [0.3, 0.4) is 0 Å². The molecule has 1 saturated heterocycles. The van der Waals surface area contributed by atoms with Gasteiger partial charge in [-0.15, -0.1) is 0 Å². The summed E-state index contributed by atoms with van der Waals surface area (Å²) in [4.78, 5) is 0. The summed E-state index contributed by atoms with van der Waals surface area (Å²) in [7, 11) is 0. The smallest absolute Gasteiger partial charge is 0.126 e. The molecule has 0 aromatic heterocycles. The van der Waals surface area contributed by atoms with Crippen LogP contribution in [0.2, 0.25) is 5.02 Å². The molecule has 15 heavy (non-hydrogen) atoms. The zero-order valence-electron chi connectivity index (χ0n) is 8.61. The number of nitrogens with one attached hydrogen (secondary N) is 2. The van der Waals surface area contributed by atoms with E-state index >= 15 is 0 Å². The zero-order valence-corrected chi connectivity index (χ0v) is 9.37. The van der Waals surface area contributed by atoms with Crippen LogP contribution in [0.4, 0.5) is 4.39 Å². The molecule has 0 aliphatic carbocycles. The highest BCUT2D eigenvalue weighted by Gasteiger charge is 2.18. The van der Waals surface area contributed by atoms with Gasteiger partial charge in [0.2, 0.25) is 0 Å². The van der Waals surface area contributed by atoms with Gasteiger partial charge in [0, 0.05) is 30.7 Å². The molecular formula is C11H14ClFN2. The van der Waals surface area contributed by atoms with Crippen LogP contribution in [0.1, 0.15) is 17.2 Å². The second-order valence-corrected chi connectivity index (χ2v) is 4.24. The van der Waals surface area contributed by atoms with Gasteiger partial charge in [-0.05, 0) is 30.2 Å². The Morgan fingerprint density at radius 2 is 2.20 bits per heavy atom. The molecule has 1 atom stereocenters. The summed E-state index contributed by atoms with van der Waals surface area (Å²) < 4.78 is 13.4. The largest absolute Gasteiger partial charge is 0.314 e. The summed E-state index contributed by atoms with van der Waals surface area (Å²) in [6.45, 7) is 4.35. The Morgan fingerprint density at radius 1 is 1.40 bits per heavy atom. The van der Waals surface area contributed by atoms with E-state index < -0.39 is 0 Å². The van der Waals surface area contributed by atoms with E-state index in [1.54, 1.807) is 13.0 Å². The minimum atomic E-state index is -0.193. The number of benzene rings is 1. The molecule has 4 heteroatoms. The van der Waals surface area contributed by atoms with Gasteiger partial charge in [0.05, 0.1) is 0 Å². The minimum absolute atomic E-state index is 0.112. The van der Waals surface area contributed by atoms with E-state index in [0.717, 1.165) is 25.2 Å². The maximum atomic E-state index is 13.4. The maximum absolute atomic E-state index is 13.4. The van der Waals surface area contributed by atoms with Gasteiger partial charge >= 0.3 is 0 Å². The molecule has 1 unspecified atom stereocenters. The molecule has 1 heterocycles. The number of hydrogen-bond acceptors (Lipinski definition) is 2. The fourth-order valence-electron chi connectivity index (χ4n) is 1.80. The van der Waals surface area contributed by atoms with Gasteiger partial charge in [-0.1, -0.05) is 11.6 Å². The van der Waals surface area contributed by atoms with Crippen molar-refractivity contribution in [1.82, 2.24) is 10.6 Å². The standard InChI is InChI=1S/C11H14ClFN2/c1-7-4-9(12)8(5-10(7)13)11-6-14-2-3-15-11/h4-5,11,14-15H,2-3,6H2,1H3. The molecule has 1 aliphatic heterocycles. The van der Waals surface area contributed by atoms with E-state index in [-0.39, 0.29) is 11.9 Å². The lowest BCUT2D eigenvalue weighted by atomic mass is 10.0. The van der Waals surface area contributed by atoms with E-state index in [2.05, 4.69) is 10.6 Å². The molecule has 82 valence electrons. The minimum Gasteiger partial charge on any atom is -0.314 e. The van der Waals surface area contributed by atoms with Crippen LogP contribution in [-0.4, -0.2) is 19.6 Å². The first-order valence-electron chi connectivity index (χ1n) is 5.08. The van der Waals surface area contributed by atoms with Gasteiger partial charge < -0.3 is 10.6 Å². The van der Waals surface area contributed by atoms with Crippen molar-refractivity contribution >= 4 is 11.6 Å². The Kier molecular flexibility index (Phi) is 3.24. The van der Waals surface area contributed by atoms with Crippen molar-refractivity contribution in [3.63, 3.8) is 0 Å². The fourth-order valence-corrected chi connectivity index (χ4v) is 2.15. The lowest BCUT2D eigenvalue weighted by Crippen LogP contribution is -2.42. The summed E-state index contributed by atoms with van der Waals surface area (Å²) in [5.74, 6) is -0.193. The van der Waals surface area contributed by atoms with E-state index in [4.69, 9.17) is 11.6 Å². The van der Waals surface area contributed by atoms with E-state index in [0.29, 0.717) is 10.6 Å². The van der Waals surface area contributed by atoms with E-state index in [1.807, 2.05) is 0 Å². The third-order valence-corrected chi connectivity index (χ3v) is 3.02. The van der Waals surface area contributed by atoms with Crippen molar-refractivity contribution in [3.05, 3.63) is 34.1 Å².